The molecule has 1 amide bonds. The maximum atomic E-state index is 12.0. The van der Waals surface area contributed by atoms with Gasteiger partial charge in [-0.2, -0.15) is 10.1 Å². The van der Waals surface area contributed by atoms with E-state index in [1.807, 2.05) is 49.4 Å². The van der Waals surface area contributed by atoms with Crippen LogP contribution in [0.5, 0.6) is 0 Å². The molecule has 0 spiro atoms. The number of nitrogens with one attached hydrogen (secondary N) is 1. The van der Waals surface area contributed by atoms with E-state index in [1.54, 1.807) is 4.68 Å². The van der Waals surface area contributed by atoms with Gasteiger partial charge in [0, 0.05) is 5.70 Å². The minimum absolute atomic E-state index is 0.388. The number of nitrogens with two attached hydrogens (primary N) is 1. The third kappa shape index (κ3) is 2.57. The summed E-state index contributed by atoms with van der Waals surface area (Å²) in [6.45, 7) is 1.82. The van der Waals surface area contributed by atoms with Gasteiger partial charge in [-0.1, -0.05) is 54.6 Å². The third-order valence-electron chi connectivity index (χ3n) is 4.39. The van der Waals surface area contributed by atoms with E-state index in [0.717, 1.165) is 16.7 Å². The highest BCUT2D eigenvalue weighted by molar-refractivity contribution is 5.95. The average molecular weight is 331 g/mol. The second kappa shape index (κ2) is 5.90. The van der Waals surface area contributed by atoms with Crippen LogP contribution in [0.2, 0.25) is 0 Å². The molecule has 6 nitrogen and oxygen atoms in total. The van der Waals surface area contributed by atoms with E-state index in [2.05, 4.69) is 27.5 Å². The maximum Gasteiger partial charge on any atom is 0.248 e. The van der Waals surface area contributed by atoms with Crippen molar-refractivity contribution in [1.82, 2.24) is 14.8 Å². The molecule has 1 aliphatic rings. The van der Waals surface area contributed by atoms with E-state index in [0.29, 0.717) is 17.2 Å². The number of carbonyl (C=O) groups is 1. The van der Waals surface area contributed by atoms with E-state index in [1.165, 1.54) is 6.33 Å². The lowest BCUT2D eigenvalue weighted by molar-refractivity contribution is -0.115. The highest BCUT2D eigenvalue weighted by Gasteiger charge is 2.32. The molecule has 0 saturated carbocycles. The molecule has 1 atom stereocenters. The van der Waals surface area contributed by atoms with Crippen LogP contribution in [0.1, 0.15) is 18.5 Å². The number of benzene rings is 2. The molecule has 2 aromatic carbocycles. The van der Waals surface area contributed by atoms with Crippen LogP contribution < -0.4 is 11.1 Å². The zero-order chi connectivity index (χ0) is 17.4. The van der Waals surface area contributed by atoms with Crippen LogP contribution in [-0.2, 0) is 4.79 Å². The summed E-state index contributed by atoms with van der Waals surface area (Å²) in [5, 5.41) is 7.34. The van der Waals surface area contributed by atoms with Gasteiger partial charge < -0.3 is 11.1 Å². The van der Waals surface area contributed by atoms with Crippen molar-refractivity contribution < 1.29 is 4.79 Å². The smallest absolute Gasteiger partial charge is 0.248 e. The van der Waals surface area contributed by atoms with Crippen LogP contribution in [0.25, 0.3) is 11.1 Å². The van der Waals surface area contributed by atoms with Crippen LogP contribution in [-0.4, -0.2) is 20.7 Å². The van der Waals surface area contributed by atoms with Crippen LogP contribution in [0, 0.1) is 0 Å². The lowest BCUT2D eigenvalue weighted by atomic mass is 9.93. The Balaban J connectivity index is 1.79. The van der Waals surface area contributed by atoms with Gasteiger partial charge in [-0.3, -0.25) is 4.79 Å². The normalized spacial score (nSPS) is 16.3. The standard InChI is InChI=1S/C19H17N5O/c1-12-16(18(20)25)17(24-19(23-12)21-11-22-24)15-9-7-14(8-10-15)13-5-3-2-4-6-13/h2-11,17H,1H3,(H2,20,25)(H,21,22,23)/t17-/m1/s1. The first-order valence-corrected chi connectivity index (χ1v) is 7.97. The van der Waals surface area contributed by atoms with Gasteiger partial charge in [0.05, 0.1) is 5.57 Å². The van der Waals surface area contributed by atoms with Crippen molar-refractivity contribution in [3.8, 4) is 11.1 Å². The molecule has 124 valence electrons. The SMILES string of the molecule is CC1=C(C(N)=O)[C@@H](c2ccc(-c3ccccc3)cc2)n2ncnc2N1. The van der Waals surface area contributed by atoms with Gasteiger partial charge in [0.1, 0.15) is 12.4 Å². The number of allylic oxidation sites excluding steroid dienone is 1. The second-order valence-electron chi connectivity index (χ2n) is 5.95. The predicted molar refractivity (Wildman–Crippen MR) is 95.6 cm³/mol. The van der Waals surface area contributed by atoms with Gasteiger partial charge in [0.25, 0.3) is 0 Å². The molecular weight excluding hydrogens is 314 g/mol. The minimum Gasteiger partial charge on any atom is -0.366 e. The Labute approximate surface area is 145 Å². The van der Waals surface area contributed by atoms with Gasteiger partial charge in [-0.05, 0) is 23.6 Å². The van der Waals surface area contributed by atoms with Crippen LogP contribution >= 0.6 is 0 Å². The molecule has 1 aromatic heterocycles. The lowest BCUT2D eigenvalue weighted by Crippen LogP contribution is -2.31. The van der Waals surface area contributed by atoms with Gasteiger partial charge in [-0.15, -0.1) is 0 Å². The average Bonchev–Trinajstić information content (AvgIpc) is 3.09. The number of nitrogens with zero attached hydrogens (tertiary/aromatic N) is 3. The third-order valence-corrected chi connectivity index (χ3v) is 4.39. The van der Waals surface area contributed by atoms with Crippen LogP contribution in [0.15, 0.2) is 72.2 Å². The number of amides is 1. The lowest BCUT2D eigenvalue weighted by Gasteiger charge is -2.27. The highest BCUT2D eigenvalue weighted by Crippen LogP contribution is 2.35. The van der Waals surface area contributed by atoms with Gasteiger partial charge in [0.2, 0.25) is 11.9 Å². The summed E-state index contributed by atoms with van der Waals surface area (Å²) in [5.74, 6) is 0.128. The number of primary amides is 1. The monoisotopic (exact) mass is 331 g/mol. The zero-order valence-electron chi connectivity index (χ0n) is 13.7. The summed E-state index contributed by atoms with van der Waals surface area (Å²) in [7, 11) is 0. The highest BCUT2D eigenvalue weighted by atomic mass is 16.1. The van der Waals surface area contributed by atoms with Crippen molar-refractivity contribution in [1.29, 1.82) is 0 Å². The van der Waals surface area contributed by atoms with Crippen molar-refractivity contribution in [3.05, 3.63) is 77.8 Å². The zero-order valence-corrected chi connectivity index (χ0v) is 13.7. The molecule has 3 N–H and O–H groups in total. The molecular formula is C19H17N5O. The quantitative estimate of drug-likeness (QED) is 0.773. The molecule has 0 bridgehead atoms. The van der Waals surface area contributed by atoms with E-state index in [4.69, 9.17) is 5.73 Å². The summed E-state index contributed by atoms with van der Waals surface area (Å²) in [6.07, 6.45) is 1.46. The van der Waals surface area contributed by atoms with E-state index in [-0.39, 0.29) is 6.04 Å². The van der Waals surface area contributed by atoms with Crippen molar-refractivity contribution in [2.45, 2.75) is 13.0 Å². The van der Waals surface area contributed by atoms with Crippen LogP contribution in [0.3, 0.4) is 0 Å². The first-order valence-electron chi connectivity index (χ1n) is 7.97. The Hall–Kier alpha value is -3.41. The van der Waals surface area contributed by atoms with Crippen molar-refractivity contribution in [2.75, 3.05) is 5.32 Å². The number of aromatic nitrogens is 3. The first-order chi connectivity index (χ1) is 12.1. The number of hydrogen-bond donors (Lipinski definition) is 2. The van der Waals surface area contributed by atoms with Gasteiger partial charge in [-0.25, -0.2) is 4.68 Å². The van der Waals surface area contributed by atoms with Crippen molar-refractivity contribution in [2.24, 2.45) is 5.73 Å². The fourth-order valence-electron chi connectivity index (χ4n) is 3.21. The molecule has 0 radical (unpaired) electrons. The summed E-state index contributed by atoms with van der Waals surface area (Å²) in [5.41, 5.74) is 10.0. The minimum atomic E-state index is -0.469. The fraction of sp³-hybridized carbons (Fsp3) is 0.105. The number of hydrogen-bond acceptors (Lipinski definition) is 4. The van der Waals surface area contributed by atoms with E-state index >= 15 is 0 Å². The number of fused-ring (bicyclic) bond motifs is 1. The Morgan fingerprint density at radius 2 is 1.76 bits per heavy atom. The molecule has 0 aliphatic carbocycles. The van der Waals surface area contributed by atoms with Gasteiger partial charge >= 0.3 is 0 Å². The van der Waals surface area contributed by atoms with E-state index in [9.17, 15) is 4.79 Å². The largest absolute Gasteiger partial charge is 0.366 e. The molecule has 1 aliphatic heterocycles. The Morgan fingerprint density at radius 3 is 2.44 bits per heavy atom. The molecule has 25 heavy (non-hydrogen) atoms. The molecule has 3 aromatic rings. The Kier molecular flexibility index (Phi) is 3.57. The number of carbonyl (C=O) groups excluding carboxylic acids is 1. The summed E-state index contributed by atoms with van der Waals surface area (Å²) >= 11 is 0. The fourth-order valence-corrected chi connectivity index (χ4v) is 3.21. The maximum absolute atomic E-state index is 12.0. The summed E-state index contributed by atoms with van der Waals surface area (Å²) < 4.78 is 1.69. The topological polar surface area (TPSA) is 85.8 Å². The van der Waals surface area contributed by atoms with Gasteiger partial charge in [0.15, 0.2) is 0 Å². The molecule has 4 rings (SSSR count). The Bertz CT molecular complexity index is 957. The van der Waals surface area contributed by atoms with E-state index < -0.39 is 5.91 Å². The van der Waals surface area contributed by atoms with Crippen LogP contribution in [0.4, 0.5) is 5.95 Å². The second-order valence-corrected chi connectivity index (χ2v) is 5.95. The molecule has 6 heteroatoms. The Morgan fingerprint density at radius 1 is 1.08 bits per heavy atom. The molecule has 2 heterocycles. The van der Waals surface area contributed by atoms with Crippen molar-refractivity contribution >= 4 is 11.9 Å². The predicted octanol–water partition coefficient (Wildman–Crippen LogP) is 2.72. The molecule has 0 fully saturated rings. The molecule has 0 saturated heterocycles. The number of anilines is 1. The van der Waals surface area contributed by atoms with Crippen molar-refractivity contribution in [3.63, 3.8) is 0 Å². The first kappa shape index (κ1) is 15.1. The summed E-state index contributed by atoms with van der Waals surface area (Å²) in [4.78, 5) is 16.2. The summed E-state index contributed by atoms with van der Waals surface area (Å²) in [6, 6.07) is 17.8. The number of rotatable bonds is 3. The molecule has 0 unspecified atom stereocenters.